The number of carbonyl (C=O) groups is 2. The SMILES string of the molecule is COC(=O)[C@@H](O)[C@H]1[C@]2(C)C[C@]3(O)[C@@H]4[C@@H](O[C@]56CC(=O)O[C@@H](c7ccoc7)[C@]5(C)CC[C@@H]([C@@]13C)[C@]46O)[C@H]2O. The third kappa shape index (κ3) is 2.13. The topological polar surface area (TPSA) is 156 Å². The molecule has 1 spiro atoms. The molecule has 2 aliphatic heterocycles. The molecule has 10 heteroatoms. The van der Waals surface area contributed by atoms with Gasteiger partial charge in [-0.1, -0.05) is 20.8 Å². The minimum absolute atomic E-state index is 0.0716. The number of fused-ring (bicyclic) bond motifs is 2. The van der Waals surface area contributed by atoms with E-state index in [4.69, 9.17) is 18.6 Å². The van der Waals surface area contributed by atoms with Gasteiger partial charge in [0, 0.05) is 33.6 Å². The number of cyclic esters (lactones) is 1. The highest BCUT2D eigenvalue weighted by Gasteiger charge is 2.95. The van der Waals surface area contributed by atoms with Gasteiger partial charge >= 0.3 is 11.9 Å². The number of carbonyl (C=O) groups excluding carboxylic acids is 2. The summed E-state index contributed by atoms with van der Waals surface area (Å²) in [5.41, 5.74) is -7.31. The van der Waals surface area contributed by atoms with E-state index in [1.807, 2.05) is 13.8 Å². The summed E-state index contributed by atoms with van der Waals surface area (Å²) in [5, 5.41) is 48.7. The maximum atomic E-state index is 13.2. The van der Waals surface area contributed by atoms with E-state index >= 15 is 0 Å². The van der Waals surface area contributed by atoms with Gasteiger partial charge in [-0.05, 0) is 31.2 Å². The zero-order chi connectivity index (χ0) is 26.6. The minimum Gasteiger partial charge on any atom is -0.472 e. The Morgan fingerprint density at radius 3 is 2.62 bits per heavy atom. The quantitative estimate of drug-likeness (QED) is 0.423. The van der Waals surface area contributed by atoms with Crippen molar-refractivity contribution in [3.8, 4) is 0 Å². The van der Waals surface area contributed by atoms with Gasteiger partial charge in [0.25, 0.3) is 0 Å². The molecule has 2 saturated heterocycles. The van der Waals surface area contributed by atoms with Crippen LogP contribution in [0.15, 0.2) is 23.0 Å². The van der Waals surface area contributed by atoms with Gasteiger partial charge < -0.3 is 39.1 Å². The van der Waals surface area contributed by atoms with E-state index in [0.717, 1.165) is 0 Å². The number of rotatable bonds is 3. The molecule has 0 amide bonds. The Morgan fingerprint density at radius 2 is 1.97 bits per heavy atom. The van der Waals surface area contributed by atoms with Gasteiger partial charge in [-0.2, -0.15) is 0 Å². The minimum atomic E-state index is -1.73. The van der Waals surface area contributed by atoms with Gasteiger partial charge in [-0.3, -0.25) is 4.79 Å². The van der Waals surface area contributed by atoms with E-state index in [9.17, 15) is 30.0 Å². The van der Waals surface area contributed by atoms with Crippen LogP contribution in [-0.2, 0) is 23.8 Å². The van der Waals surface area contributed by atoms with E-state index in [1.54, 1.807) is 13.0 Å². The van der Waals surface area contributed by atoms with Crippen LogP contribution in [0.1, 0.15) is 58.1 Å². The highest BCUT2D eigenvalue weighted by atomic mass is 16.6. The molecule has 0 unspecified atom stereocenters. The first-order valence-electron chi connectivity index (χ1n) is 13.1. The predicted molar refractivity (Wildman–Crippen MR) is 122 cm³/mol. The van der Waals surface area contributed by atoms with Crippen molar-refractivity contribution in [1.82, 2.24) is 0 Å². The lowest BCUT2D eigenvalue weighted by Gasteiger charge is -2.63. The summed E-state index contributed by atoms with van der Waals surface area (Å²) in [6.07, 6.45) is -0.866. The van der Waals surface area contributed by atoms with E-state index in [-0.39, 0.29) is 12.8 Å². The van der Waals surface area contributed by atoms with E-state index in [1.165, 1.54) is 19.6 Å². The number of esters is 2. The van der Waals surface area contributed by atoms with Crippen LogP contribution in [0.4, 0.5) is 0 Å². The fraction of sp³-hybridized carbons (Fsp3) is 0.778. The summed E-state index contributed by atoms with van der Waals surface area (Å²) in [6.45, 7) is 5.51. The maximum Gasteiger partial charge on any atom is 0.335 e. The van der Waals surface area contributed by atoms with Gasteiger partial charge in [-0.25, -0.2) is 4.79 Å². The van der Waals surface area contributed by atoms with Crippen molar-refractivity contribution in [3.63, 3.8) is 0 Å². The van der Waals surface area contributed by atoms with Crippen LogP contribution < -0.4 is 0 Å². The molecular weight excluding hydrogens is 484 g/mol. The molecule has 7 rings (SSSR count). The molecule has 4 saturated carbocycles. The number of furan rings is 1. The van der Waals surface area contributed by atoms with Crippen molar-refractivity contribution in [2.75, 3.05) is 7.11 Å². The standard InChI is InChI=1S/C27H34O10/c1-22-11-25(32)18-16(19(22)30)37-26-9-14(28)36-20(12-6-8-35-10-12)23(26,2)7-5-13(27(18,26)33)24(25,3)17(22)15(29)21(31)34-4/h6,8,10,13,15-20,29-30,32-33H,5,7,9,11H2,1-4H3/t13-,15-,16+,17-,18-,19+,20-,22-,23-,24-,25-,26+,27-/m0/s1. The third-order valence-corrected chi connectivity index (χ3v) is 12.2. The maximum absolute atomic E-state index is 13.2. The number of aliphatic hydroxyl groups excluding tert-OH is 2. The van der Waals surface area contributed by atoms with Crippen molar-refractivity contribution < 1.29 is 48.6 Å². The number of hydrogen-bond donors (Lipinski definition) is 4. The second-order valence-corrected chi connectivity index (χ2v) is 13.1. The second kappa shape index (κ2) is 6.59. The smallest absolute Gasteiger partial charge is 0.335 e. The second-order valence-electron chi connectivity index (χ2n) is 13.1. The molecule has 1 aromatic rings. The fourth-order valence-corrected chi connectivity index (χ4v) is 11.0. The number of aliphatic hydroxyl groups is 4. The van der Waals surface area contributed by atoms with Gasteiger partial charge in [0.05, 0.1) is 43.9 Å². The van der Waals surface area contributed by atoms with Gasteiger partial charge in [0.1, 0.15) is 17.3 Å². The predicted octanol–water partition coefficient (Wildman–Crippen LogP) is 0.854. The fourth-order valence-electron chi connectivity index (χ4n) is 11.0. The summed E-state index contributed by atoms with van der Waals surface area (Å²) >= 11 is 0. The van der Waals surface area contributed by atoms with Crippen LogP contribution in [0.5, 0.6) is 0 Å². The zero-order valence-electron chi connectivity index (χ0n) is 21.3. The Bertz CT molecular complexity index is 1200. The Balaban J connectivity index is 1.49. The highest BCUT2D eigenvalue weighted by Crippen LogP contribution is 2.85. The van der Waals surface area contributed by atoms with Crippen molar-refractivity contribution in [1.29, 1.82) is 0 Å². The molecule has 4 aliphatic carbocycles. The molecule has 1 aromatic heterocycles. The molecule has 37 heavy (non-hydrogen) atoms. The van der Waals surface area contributed by atoms with Gasteiger partial charge in [0.2, 0.25) is 0 Å². The van der Waals surface area contributed by atoms with Crippen LogP contribution in [0.3, 0.4) is 0 Å². The molecule has 4 N–H and O–H groups in total. The molecular formula is C27H34O10. The largest absolute Gasteiger partial charge is 0.472 e. The van der Waals surface area contributed by atoms with Crippen LogP contribution >= 0.6 is 0 Å². The number of hydrogen-bond acceptors (Lipinski definition) is 10. The molecule has 3 heterocycles. The van der Waals surface area contributed by atoms with E-state index < -0.39 is 87.2 Å². The van der Waals surface area contributed by atoms with Crippen LogP contribution in [0, 0.1) is 34.0 Å². The monoisotopic (exact) mass is 518 g/mol. The van der Waals surface area contributed by atoms with Crippen molar-refractivity contribution in [2.24, 2.45) is 34.0 Å². The molecule has 2 bridgehead atoms. The van der Waals surface area contributed by atoms with Crippen LogP contribution in [0.2, 0.25) is 0 Å². The molecule has 0 radical (unpaired) electrons. The van der Waals surface area contributed by atoms with Gasteiger partial charge in [-0.15, -0.1) is 0 Å². The normalized spacial score (nSPS) is 57.6. The lowest BCUT2D eigenvalue weighted by molar-refractivity contribution is -0.298. The molecule has 6 aliphatic rings. The first-order chi connectivity index (χ1) is 17.3. The first-order valence-corrected chi connectivity index (χ1v) is 13.1. The number of ether oxygens (including phenoxy) is 3. The first kappa shape index (κ1) is 24.1. The summed E-state index contributed by atoms with van der Waals surface area (Å²) < 4.78 is 22.8. The van der Waals surface area contributed by atoms with Crippen molar-refractivity contribution in [3.05, 3.63) is 24.2 Å². The molecule has 10 nitrogen and oxygen atoms in total. The summed E-state index contributed by atoms with van der Waals surface area (Å²) in [5.74, 6) is -3.86. The Morgan fingerprint density at radius 1 is 1.24 bits per heavy atom. The summed E-state index contributed by atoms with van der Waals surface area (Å²) in [7, 11) is 1.19. The molecule has 202 valence electrons. The van der Waals surface area contributed by atoms with Crippen molar-refractivity contribution >= 4 is 11.9 Å². The zero-order valence-corrected chi connectivity index (χ0v) is 21.3. The average Bonchev–Trinajstić information content (AvgIpc) is 3.52. The Hall–Kier alpha value is -1.98. The lowest BCUT2D eigenvalue weighted by atomic mass is 9.45. The third-order valence-electron chi connectivity index (χ3n) is 12.2. The van der Waals surface area contributed by atoms with E-state index in [2.05, 4.69) is 0 Å². The molecule has 6 fully saturated rings. The Kier molecular flexibility index (Phi) is 4.29. The highest BCUT2D eigenvalue weighted by molar-refractivity contribution is 5.76. The lowest BCUT2D eigenvalue weighted by Crippen LogP contribution is -2.72. The Labute approximate surface area is 213 Å². The molecule has 13 atom stereocenters. The number of methoxy groups -OCH3 is 1. The van der Waals surface area contributed by atoms with Crippen LogP contribution in [-0.4, -0.2) is 74.6 Å². The average molecular weight is 519 g/mol. The van der Waals surface area contributed by atoms with Crippen molar-refractivity contribution in [2.45, 2.75) is 87.7 Å². The van der Waals surface area contributed by atoms with Gasteiger partial charge in [0.15, 0.2) is 6.10 Å². The molecule has 0 aromatic carbocycles. The van der Waals surface area contributed by atoms with E-state index in [0.29, 0.717) is 18.4 Å². The van der Waals surface area contributed by atoms with Crippen LogP contribution in [0.25, 0.3) is 0 Å². The summed E-state index contributed by atoms with van der Waals surface area (Å²) in [6, 6.07) is 1.72. The summed E-state index contributed by atoms with van der Waals surface area (Å²) in [4.78, 5) is 25.9.